The fourth-order valence-corrected chi connectivity index (χ4v) is 3.11. The predicted octanol–water partition coefficient (Wildman–Crippen LogP) is 3.58. The minimum atomic E-state index is 0.483. The molecule has 0 radical (unpaired) electrons. The molecule has 2 rings (SSSR count). The van der Waals surface area contributed by atoms with Crippen LogP contribution >= 0.6 is 11.8 Å². The van der Waals surface area contributed by atoms with Gasteiger partial charge in [0.25, 0.3) is 0 Å². The first-order valence-electron chi connectivity index (χ1n) is 5.34. The van der Waals surface area contributed by atoms with Crippen molar-refractivity contribution in [1.82, 2.24) is 0 Å². The Morgan fingerprint density at radius 2 is 2.36 bits per heavy atom. The Balaban J connectivity index is 1.81. The minimum absolute atomic E-state index is 0.483. The zero-order valence-electron chi connectivity index (χ0n) is 8.65. The van der Waals surface area contributed by atoms with Crippen molar-refractivity contribution in [3.05, 3.63) is 23.8 Å². The topological polar surface area (TPSA) is 12.4 Å². The van der Waals surface area contributed by atoms with E-state index in [2.05, 4.69) is 24.1 Å². The quantitative estimate of drug-likeness (QED) is 0.630. The third-order valence-corrected chi connectivity index (χ3v) is 4.19. The molecule has 2 aliphatic rings. The number of thioether (sulfide) groups is 1. The Hall–Kier alpha value is -0.500. The van der Waals surface area contributed by atoms with Crippen molar-refractivity contribution in [3.8, 4) is 0 Å². The van der Waals surface area contributed by atoms with Gasteiger partial charge in [0, 0.05) is 11.5 Å². The molecule has 2 heteroatoms. The molecule has 1 aliphatic carbocycles. The van der Waals surface area contributed by atoms with E-state index >= 15 is 0 Å². The maximum atomic E-state index is 4.47. The van der Waals surface area contributed by atoms with Crippen molar-refractivity contribution in [1.29, 1.82) is 0 Å². The molecule has 76 valence electrons. The highest BCUT2D eigenvalue weighted by Gasteiger charge is 2.17. The highest BCUT2D eigenvalue weighted by molar-refractivity contribution is 8.00. The van der Waals surface area contributed by atoms with E-state index in [1.54, 1.807) is 5.57 Å². The molecular formula is C12H17NS. The molecule has 2 atom stereocenters. The van der Waals surface area contributed by atoms with Gasteiger partial charge in [0.15, 0.2) is 0 Å². The van der Waals surface area contributed by atoms with Gasteiger partial charge in [0.1, 0.15) is 0 Å². The number of allylic oxidation sites excluding steroid dienone is 3. The molecule has 0 aromatic rings. The second kappa shape index (κ2) is 4.83. The fourth-order valence-electron chi connectivity index (χ4n) is 1.84. The summed E-state index contributed by atoms with van der Waals surface area (Å²) < 4.78 is 0. The molecule has 0 saturated carbocycles. The molecule has 0 spiro atoms. The van der Waals surface area contributed by atoms with E-state index in [4.69, 9.17) is 0 Å². The lowest BCUT2D eigenvalue weighted by molar-refractivity contribution is 0.712. The van der Waals surface area contributed by atoms with Crippen molar-refractivity contribution < 1.29 is 0 Å². The second-order valence-corrected chi connectivity index (χ2v) is 5.48. The van der Waals surface area contributed by atoms with Crippen molar-refractivity contribution in [2.24, 2.45) is 4.99 Å². The van der Waals surface area contributed by atoms with Crippen LogP contribution in [0.2, 0.25) is 0 Å². The molecule has 0 amide bonds. The second-order valence-electron chi connectivity index (χ2n) is 4.00. The van der Waals surface area contributed by atoms with Crippen LogP contribution in [0.3, 0.4) is 0 Å². The third-order valence-electron chi connectivity index (χ3n) is 2.75. The first-order chi connectivity index (χ1) is 6.84. The number of dihydropyridines is 1. The molecule has 0 aromatic heterocycles. The van der Waals surface area contributed by atoms with E-state index in [0.717, 1.165) is 11.7 Å². The number of aliphatic imine (C=N–C) groups is 1. The van der Waals surface area contributed by atoms with Crippen LogP contribution in [0.4, 0.5) is 0 Å². The summed E-state index contributed by atoms with van der Waals surface area (Å²) in [5.41, 5.74) is 1.56. The summed E-state index contributed by atoms with van der Waals surface area (Å²) in [7, 11) is 0. The summed E-state index contributed by atoms with van der Waals surface area (Å²) in [5, 5.41) is 1.28. The number of hydrogen-bond donors (Lipinski definition) is 0. The molecule has 0 fully saturated rings. The maximum Gasteiger partial charge on any atom is 0.0988 e. The van der Waals surface area contributed by atoms with Crippen LogP contribution in [-0.4, -0.2) is 16.8 Å². The summed E-state index contributed by atoms with van der Waals surface area (Å²) in [4.78, 5) is 4.47. The monoisotopic (exact) mass is 207 g/mol. The SMILES string of the molecule is CC1=CCC(SC2CC=CC=N2)CC1. The van der Waals surface area contributed by atoms with Crippen LogP contribution in [0.5, 0.6) is 0 Å². The smallest absolute Gasteiger partial charge is 0.0988 e. The van der Waals surface area contributed by atoms with Crippen LogP contribution < -0.4 is 0 Å². The van der Waals surface area contributed by atoms with Crippen molar-refractivity contribution >= 4 is 18.0 Å². The lowest BCUT2D eigenvalue weighted by Gasteiger charge is -2.23. The zero-order chi connectivity index (χ0) is 9.80. The van der Waals surface area contributed by atoms with E-state index in [1.807, 2.05) is 24.1 Å². The molecule has 0 aromatic carbocycles. The predicted molar refractivity (Wildman–Crippen MR) is 65.0 cm³/mol. The molecule has 14 heavy (non-hydrogen) atoms. The van der Waals surface area contributed by atoms with Gasteiger partial charge in [-0.2, -0.15) is 0 Å². The van der Waals surface area contributed by atoms with Gasteiger partial charge in [-0.15, -0.1) is 11.8 Å². The lowest BCUT2D eigenvalue weighted by Crippen LogP contribution is -2.12. The number of rotatable bonds is 2. The Labute approximate surface area is 90.4 Å². The van der Waals surface area contributed by atoms with Gasteiger partial charge in [0.05, 0.1) is 5.37 Å². The standard InChI is InChI=1S/C12H17NS/c1-10-5-7-11(8-6-10)14-12-4-2-3-9-13-12/h2-3,5,9,11-12H,4,6-8H2,1H3. The fraction of sp³-hybridized carbons (Fsp3) is 0.583. The van der Waals surface area contributed by atoms with Gasteiger partial charge in [-0.25, -0.2) is 0 Å². The summed E-state index contributed by atoms with van der Waals surface area (Å²) in [6.45, 7) is 2.24. The summed E-state index contributed by atoms with van der Waals surface area (Å²) in [6, 6.07) is 0. The Bertz CT molecular complexity index is 278. The maximum absolute atomic E-state index is 4.47. The normalized spacial score (nSPS) is 31.6. The molecule has 1 nitrogen and oxygen atoms in total. The number of hydrogen-bond acceptors (Lipinski definition) is 2. The lowest BCUT2D eigenvalue weighted by atomic mass is 10.0. The summed E-state index contributed by atoms with van der Waals surface area (Å²) in [5.74, 6) is 0. The van der Waals surface area contributed by atoms with Crippen LogP contribution in [0.25, 0.3) is 0 Å². The largest absolute Gasteiger partial charge is 0.279 e. The Morgan fingerprint density at radius 3 is 3.00 bits per heavy atom. The third kappa shape index (κ3) is 2.74. The molecule has 0 bridgehead atoms. The van der Waals surface area contributed by atoms with Crippen LogP contribution in [0, 0.1) is 0 Å². The minimum Gasteiger partial charge on any atom is -0.279 e. The molecule has 2 unspecified atom stereocenters. The Morgan fingerprint density at radius 1 is 1.43 bits per heavy atom. The molecule has 0 saturated heterocycles. The van der Waals surface area contributed by atoms with Gasteiger partial charge in [-0.3, -0.25) is 4.99 Å². The van der Waals surface area contributed by atoms with Crippen molar-refractivity contribution in [2.75, 3.05) is 0 Å². The van der Waals surface area contributed by atoms with Gasteiger partial charge in [-0.1, -0.05) is 17.7 Å². The van der Waals surface area contributed by atoms with Gasteiger partial charge in [-0.05, 0) is 38.7 Å². The molecular weight excluding hydrogens is 190 g/mol. The zero-order valence-corrected chi connectivity index (χ0v) is 9.46. The van der Waals surface area contributed by atoms with Crippen molar-refractivity contribution in [3.63, 3.8) is 0 Å². The highest BCUT2D eigenvalue weighted by Crippen LogP contribution is 2.32. The molecule has 1 aliphatic heterocycles. The highest BCUT2D eigenvalue weighted by atomic mass is 32.2. The summed E-state index contributed by atoms with van der Waals surface area (Å²) >= 11 is 2.05. The average Bonchev–Trinajstić information content (AvgIpc) is 2.23. The average molecular weight is 207 g/mol. The van der Waals surface area contributed by atoms with Crippen molar-refractivity contribution in [2.45, 2.75) is 43.2 Å². The van der Waals surface area contributed by atoms with E-state index < -0.39 is 0 Å². The molecule has 0 N–H and O–H groups in total. The first kappa shape index (κ1) is 10.0. The van der Waals surface area contributed by atoms with E-state index in [1.165, 1.54) is 19.3 Å². The molecule has 1 heterocycles. The van der Waals surface area contributed by atoms with Gasteiger partial charge < -0.3 is 0 Å². The van der Waals surface area contributed by atoms with Crippen LogP contribution in [0.1, 0.15) is 32.6 Å². The number of nitrogens with zero attached hydrogens (tertiary/aromatic N) is 1. The first-order valence-corrected chi connectivity index (χ1v) is 6.28. The van der Waals surface area contributed by atoms with E-state index in [9.17, 15) is 0 Å². The Kier molecular flexibility index (Phi) is 3.46. The van der Waals surface area contributed by atoms with Crippen LogP contribution in [0.15, 0.2) is 28.8 Å². The van der Waals surface area contributed by atoms with Gasteiger partial charge in [0.2, 0.25) is 0 Å². The van der Waals surface area contributed by atoms with E-state index in [-0.39, 0.29) is 0 Å². The summed E-state index contributed by atoms with van der Waals surface area (Å²) in [6.07, 6.45) is 13.6. The van der Waals surface area contributed by atoms with Crippen LogP contribution in [-0.2, 0) is 0 Å². The van der Waals surface area contributed by atoms with Gasteiger partial charge >= 0.3 is 0 Å². The van der Waals surface area contributed by atoms with E-state index in [0.29, 0.717) is 5.37 Å².